The fourth-order valence-electron chi connectivity index (χ4n) is 2.30. The van der Waals surface area contributed by atoms with Crippen LogP contribution in [-0.2, 0) is 9.53 Å². The number of carbonyl (C=O) groups is 1. The monoisotopic (exact) mass is 238 g/mol. The van der Waals surface area contributed by atoms with Crippen LogP contribution in [0.1, 0.15) is 45.4 Å². The van der Waals surface area contributed by atoms with E-state index in [9.17, 15) is 4.79 Å². The lowest BCUT2D eigenvalue weighted by Gasteiger charge is -2.26. The van der Waals surface area contributed by atoms with Crippen molar-refractivity contribution >= 4 is 5.91 Å². The molecule has 1 amide bonds. The molecular weight excluding hydrogens is 216 g/mol. The maximum absolute atomic E-state index is 12.1. The standard InChI is InChI=1S/C13H22N2O2/c1-11(17-2)7-8-13(16)15(10-9-14)12-5-3-4-6-12/h11-12H,3-8,10H2,1-2H3. The van der Waals surface area contributed by atoms with Gasteiger partial charge in [-0.3, -0.25) is 4.79 Å². The molecule has 4 nitrogen and oxygen atoms in total. The molecule has 1 aliphatic rings. The number of ether oxygens (including phenoxy) is 1. The van der Waals surface area contributed by atoms with Crippen molar-refractivity contribution in [2.75, 3.05) is 13.7 Å². The van der Waals surface area contributed by atoms with Crippen LogP contribution in [0, 0.1) is 11.3 Å². The number of rotatable bonds is 6. The molecule has 0 spiro atoms. The summed E-state index contributed by atoms with van der Waals surface area (Å²) in [5, 5.41) is 8.80. The summed E-state index contributed by atoms with van der Waals surface area (Å²) in [5.74, 6) is 0.0994. The molecule has 0 N–H and O–H groups in total. The number of carbonyl (C=O) groups excluding carboxylic acids is 1. The molecule has 0 bridgehead atoms. The fourth-order valence-corrected chi connectivity index (χ4v) is 2.30. The van der Waals surface area contributed by atoms with Crippen LogP contribution in [0.3, 0.4) is 0 Å². The molecule has 0 heterocycles. The summed E-state index contributed by atoms with van der Waals surface area (Å²) in [6.45, 7) is 2.18. The normalized spacial score (nSPS) is 17.7. The van der Waals surface area contributed by atoms with Crippen molar-refractivity contribution in [3.8, 4) is 6.07 Å². The minimum Gasteiger partial charge on any atom is -0.382 e. The van der Waals surface area contributed by atoms with E-state index in [2.05, 4.69) is 6.07 Å². The first kappa shape index (κ1) is 14.0. The molecule has 4 heteroatoms. The van der Waals surface area contributed by atoms with Gasteiger partial charge in [-0.2, -0.15) is 5.26 Å². The highest BCUT2D eigenvalue weighted by molar-refractivity contribution is 5.76. The van der Waals surface area contributed by atoms with Gasteiger partial charge in [-0.1, -0.05) is 12.8 Å². The Kier molecular flexibility index (Phi) is 5.99. The van der Waals surface area contributed by atoms with Crippen LogP contribution < -0.4 is 0 Å². The third kappa shape index (κ3) is 4.35. The number of methoxy groups -OCH3 is 1. The van der Waals surface area contributed by atoms with Crippen LogP contribution in [0.25, 0.3) is 0 Å². The number of hydrogen-bond donors (Lipinski definition) is 0. The molecule has 0 radical (unpaired) electrons. The third-order valence-corrected chi connectivity index (χ3v) is 3.49. The van der Waals surface area contributed by atoms with Gasteiger partial charge in [-0.05, 0) is 26.2 Å². The second-order valence-corrected chi connectivity index (χ2v) is 4.70. The van der Waals surface area contributed by atoms with Crippen molar-refractivity contribution in [3.05, 3.63) is 0 Å². The van der Waals surface area contributed by atoms with Gasteiger partial charge in [0.2, 0.25) is 5.91 Å². The summed E-state index contributed by atoms with van der Waals surface area (Å²) < 4.78 is 5.13. The Bertz CT molecular complexity index is 280. The van der Waals surface area contributed by atoms with Gasteiger partial charge in [0.25, 0.3) is 0 Å². The van der Waals surface area contributed by atoms with Gasteiger partial charge in [0.15, 0.2) is 0 Å². The van der Waals surface area contributed by atoms with E-state index < -0.39 is 0 Å². The van der Waals surface area contributed by atoms with Crippen LogP contribution in [0.4, 0.5) is 0 Å². The predicted molar refractivity (Wildman–Crippen MR) is 65.3 cm³/mol. The van der Waals surface area contributed by atoms with E-state index >= 15 is 0 Å². The molecule has 1 aliphatic carbocycles. The van der Waals surface area contributed by atoms with Crippen LogP contribution >= 0.6 is 0 Å². The molecule has 1 fully saturated rings. The first-order valence-electron chi connectivity index (χ1n) is 6.38. The first-order valence-corrected chi connectivity index (χ1v) is 6.38. The molecule has 1 atom stereocenters. The number of amides is 1. The van der Waals surface area contributed by atoms with E-state index in [0.29, 0.717) is 12.5 Å². The summed E-state index contributed by atoms with van der Waals surface area (Å²) in [4.78, 5) is 13.8. The van der Waals surface area contributed by atoms with Crippen molar-refractivity contribution in [1.82, 2.24) is 4.90 Å². The first-order chi connectivity index (χ1) is 8.19. The van der Waals surface area contributed by atoms with E-state index in [0.717, 1.165) is 19.3 Å². The summed E-state index contributed by atoms with van der Waals surface area (Å²) >= 11 is 0. The Morgan fingerprint density at radius 2 is 2.18 bits per heavy atom. The Hall–Kier alpha value is -1.08. The van der Waals surface area contributed by atoms with E-state index in [1.807, 2.05) is 6.92 Å². The lowest BCUT2D eigenvalue weighted by molar-refractivity contribution is -0.133. The lowest BCUT2D eigenvalue weighted by Crippen LogP contribution is -2.39. The second-order valence-electron chi connectivity index (χ2n) is 4.70. The highest BCUT2D eigenvalue weighted by atomic mass is 16.5. The molecule has 0 aromatic heterocycles. The largest absolute Gasteiger partial charge is 0.382 e. The smallest absolute Gasteiger partial charge is 0.223 e. The molecule has 96 valence electrons. The number of nitrogens with zero attached hydrogens (tertiary/aromatic N) is 2. The summed E-state index contributed by atoms with van der Waals surface area (Å²) in [7, 11) is 1.65. The molecule has 0 aromatic rings. The van der Waals surface area contributed by atoms with Gasteiger partial charge in [-0.25, -0.2) is 0 Å². The van der Waals surface area contributed by atoms with Crippen molar-refractivity contribution in [1.29, 1.82) is 5.26 Å². The maximum Gasteiger partial charge on any atom is 0.223 e. The molecule has 0 saturated heterocycles. The Morgan fingerprint density at radius 1 is 1.53 bits per heavy atom. The maximum atomic E-state index is 12.1. The quantitative estimate of drug-likeness (QED) is 0.666. The van der Waals surface area contributed by atoms with Gasteiger partial charge in [-0.15, -0.1) is 0 Å². The Labute approximate surface area is 104 Å². The second kappa shape index (κ2) is 7.29. The zero-order valence-electron chi connectivity index (χ0n) is 10.8. The van der Waals surface area contributed by atoms with Gasteiger partial charge in [0.05, 0.1) is 12.2 Å². The van der Waals surface area contributed by atoms with Gasteiger partial charge in [0, 0.05) is 19.6 Å². The van der Waals surface area contributed by atoms with Crippen molar-refractivity contribution in [3.63, 3.8) is 0 Å². The Morgan fingerprint density at radius 3 is 2.71 bits per heavy atom. The molecule has 0 aliphatic heterocycles. The minimum absolute atomic E-state index is 0.0994. The summed E-state index contributed by atoms with van der Waals surface area (Å²) in [6.07, 6.45) is 5.76. The van der Waals surface area contributed by atoms with Crippen molar-refractivity contribution in [2.24, 2.45) is 0 Å². The average molecular weight is 238 g/mol. The number of nitriles is 1. The highest BCUT2D eigenvalue weighted by Crippen LogP contribution is 2.24. The number of hydrogen-bond acceptors (Lipinski definition) is 3. The van der Waals surface area contributed by atoms with Crippen LogP contribution in [-0.4, -0.2) is 36.6 Å². The zero-order valence-corrected chi connectivity index (χ0v) is 10.8. The predicted octanol–water partition coefficient (Wildman–Crippen LogP) is 2.10. The van der Waals surface area contributed by atoms with Crippen molar-refractivity contribution in [2.45, 2.75) is 57.6 Å². The average Bonchev–Trinajstić information content (AvgIpc) is 2.86. The van der Waals surface area contributed by atoms with Gasteiger partial charge < -0.3 is 9.64 Å². The minimum atomic E-state index is 0.0994. The molecule has 17 heavy (non-hydrogen) atoms. The van der Waals surface area contributed by atoms with Crippen LogP contribution in [0.5, 0.6) is 0 Å². The summed E-state index contributed by atoms with van der Waals surface area (Å²) in [6, 6.07) is 2.39. The fraction of sp³-hybridized carbons (Fsp3) is 0.846. The van der Waals surface area contributed by atoms with E-state index in [4.69, 9.17) is 10.00 Å². The zero-order chi connectivity index (χ0) is 12.7. The molecule has 0 aromatic carbocycles. The van der Waals surface area contributed by atoms with Crippen molar-refractivity contribution < 1.29 is 9.53 Å². The molecule has 1 rings (SSSR count). The SMILES string of the molecule is COC(C)CCC(=O)N(CC#N)C1CCCC1. The molecular formula is C13H22N2O2. The van der Waals surface area contributed by atoms with Crippen LogP contribution in [0.2, 0.25) is 0 Å². The highest BCUT2D eigenvalue weighted by Gasteiger charge is 2.26. The third-order valence-electron chi connectivity index (χ3n) is 3.49. The molecule has 1 unspecified atom stereocenters. The van der Waals surface area contributed by atoms with E-state index in [1.165, 1.54) is 12.8 Å². The Balaban J connectivity index is 2.46. The van der Waals surface area contributed by atoms with Crippen LogP contribution in [0.15, 0.2) is 0 Å². The lowest BCUT2D eigenvalue weighted by atomic mass is 10.1. The van der Waals surface area contributed by atoms with Gasteiger partial charge >= 0.3 is 0 Å². The van der Waals surface area contributed by atoms with E-state index in [-0.39, 0.29) is 18.6 Å². The topological polar surface area (TPSA) is 53.3 Å². The summed E-state index contributed by atoms with van der Waals surface area (Å²) in [5.41, 5.74) is 0. The molecule has 1 saturated carbocycles. The van der Waals surface area contributed by atoms with Gasteiger partial charge in [0.1, 0.15) is 6.54 Å². The van der Waals surface area contributed by atoms with E-state index in [1.54, 1.807) is 12.0 Å².